The lowest BCUT2D eigenvalue weighted by molar-refractivity contribution is -0.122. The normalized spacial score (nSPS) is 12.4. The number of ether oxygens (including phenoxy) is 1. The van der Waals surface area contributed by atoms with E-state index >= 15 is 0 Å². The summed E-state index contributed by atoms with van der Waals surface area (Å²) < 4.78 is 5.90. The third-order valence-corrected chi connectivity index (χ3v) is 5.23. The summed E-state index contributed by atoms with van der Waals surface area (Å²) in [7, 11) is 0. The molecule has 0 saturated carbocycles. The van der Waals surface area contributed by atoms with Crippen LogP contribution in [0.4, 0.5) is 5.13 Å². The molecule has 1 heterocycles. The van der Waals surface area contributed by atoms with Gasteiger partial charge in [-0.1, -0.05) is 81.5 Å². The average Bonchev–Trinajstić information content (AvgIpc) is 3.15. The largest absolute Gasteiger partial charge is 0.481 e. The zero-order chi connectivity index (χ0) is 20.1. The first-order chi connectivity index (χ1) is 13.4. The third-order valence-electron chi connectivity index (χ3n) is 4.34. The standard InChI is InChI=1S/C22H25N3O2S/c1-5-18(27-17-13-11-16(12-14-17)22(2,3)4)19(26)23-21-25-24-20(28-21)15-9-7-6-8-10-15/h6-14,18H,5H2,1-4H3,(H,23,25,26)/t18-/m1/s1. The molecule has 0 aliphatic carbocycles. The number of benzene rings is 2. The van der Waals surface area contributed by atoms with Crippen LogP contribution in [0.5, 0.6) is 5.75 Å². The molecule has 1 amide bonds. The van der Waals surface area contributed by atoms with Crippen molar-refractivity contribution in [2.24, 2.45) is 0 Å². The summed E-state index contributed by atoms with van der Waals surface area (Å²) in [6, 6.07) is 17.7. The SMILES string of the molecule is CC[C@@H](Oc1ccc(C(C)(C)C)cc1)C(=O)Nc1nnc(-c2ccccc2)s1. The summed E-state index contributed by atoms with van der Waals surface area (Å²) in [6.07, 6.45) is -0.0402. The first-order valence-electron chi connectivity index (χ1n) is 9.34. The molecular formula is C22H25N3O2S. The highest BCUT2D eigenvalue weighted by atomic mass is 32.1. The van der Waals surface area contributed by atoms with Gasteiger partial charge in [0, 0.05) is 5.56 Å². The highest BCUT2D eigenvalue weighted by Gasteiger charge is 2.21. The maximum absolute atomic E-state index is 12.6. The Kier molecular flexibility index (Phi) is 6.09. The fourth-order valence-corrected chi connectivity index (χ4v) is 3.43. The number of carbonyl (C=O) groups is 1. The second-order valence-electron chi connectivity index (χ2n) is 7.56. The van der Waals surface area contributed by atoms with Crippen molar-refractivity contribution in [3.05, 3.63) is 60.2 Å². The topological polar surface area (TPSA) is 64.1 Å². The molecule has 0 bridgehead atoms. The number of rotatable bonds is 6. The smallest absolute Gasteiger partial charge is 0.267 e. The minimum absolute atomic E-state index is 0.0777. The molecule has 0 saturated heterocycles. The lowest BCUT2D eigenvalue weighted by atomic mass is 9.87. The molecular weight excluding hydrogens is 370 g/mol. The Morgan fingerprint density at radius 2 is 1.75 bits per heavy atom. The van der Waals surface area contributed by atoms with Gasteiger partial charge in [0.25, 0.3) is 5.91 Å². The average molecular weight is 396 g/mol. The van der Waals surface area contributed by atoms with Gasteiger partial charge in [-0.3, -0.25) is 10.1 Å². The first-order valence-corrected chi connectivity index (χ1v) is 10.2. The van der Waals surface area contributed by atoms with E-state index in [0.29, 0.717) is 17.3 Å². The zero-order valence-electron chi connectivity index (χ0n) is 16.6. The van der Waals surface area contributed by atoms with Crippen LogP contribution in [0.2, 0.25) is 0 Å². The summed E-state index contributed by atoms with van der Waals surface area (Å²) in [5.74, 6) is 0.454. The van der Waals surface area contributed by atoms with Crippen molar-refractivity contribution in [1.29, 1.82) is 0 Å². The van der Waals surface area contributed by atoms with Crippen LogP contribution in [0.3, 0.4) is 0 Å². The van der Waals surface area contributed by atoms with Crippen LogP contribution in [-0.4, -0.2) is 22.2 Å². The van der Waals surface area contributed by atoms with Crippen LogP contribution >= 0.6 is 11.3 Å². The zero-order valence-corrected chi connectivity index (χ0v) is 17.4. The van der Waals surface area contributed by atoms with E-state index in [4.69, 9.17) is 4.74 Å². The van der Waals surface area contributed by atoms with E-state index in [0.717, 1.165) is 10.6 Å². The number of anilines is 1. The van der Waals surface area contributed by atoms with E-state index in [2.05, 4.69) is 36.3 Å². The summed E-state index contributed by atoms with van der Waals surface area (Å²) in [5, 5.41) is 12.3. The molecule has 1 aromatic heterocycles. The Hall–Kier alpha value is -2.73. The minimum atomic E-state index is -0.593. The van der Waals surface area contributed by atoms with Crippen molar-refractivity contribution in [3.8, 4) is 16.3 Å². The van der Waals surface area contributed by atoms with Gasteiger partial charge in [-0.2, -0.15) is 0 Å². The van der Waals surface area contributed by atoms with Crippen molar-refractivity contribution in [2.75, 3.05) is 5.32 Å². The maximum atomic E-state index is 12.6. The van der Waals surface area contributed by atoms with Crippen LogP contribution in [0.1, 0.15) is 39.7 Å². The summed E-state index contributed by atoms with van der Waals surface area (Å²) >= 11 is 1.34. The monoisotopic (exact) mass is 395 g/mol. The van der Waals surface area contributed by atoms with Crippen LogP contribution in [-0.2, 0) is 10.2 Å². The highest BCUT2D eigenvalue weighted by Crippen LogP contribution is 2.27. The Balaban J connectivity index is 1.65. The maximum Gasteiger partial charge on any atom is 0.267 e. The van der Waals surface area contributed by atoms with Crippen molar-refractivity contribution in [2.45, 2.75) is 45.6 Å². The first kappa shape index (κ1) is 20.0. The number of carbonyl (C=O) groups excluding carboxylic acids is 1. The van der Waals surface area contributed by atoms with Crippen molar-refractivity contribution >= 4 is 22.4 Å². The van der Waals surface area contributed by atoms with Crippen LogP contribution in [0.25, 0.3) is 10.6 Å². The van der Waals surface area contributed by atoms with Crippen molar-refractivity contribution < 1.29 is 9.53 Å². The van der Waals surface area contributed by atoms with Crippen LogP contribution < -0.4 is 10.1 Å². The number of hydrogen-bond donors (Lipinski definition) is 1. The Morgan fingerprint density at radius 1 is 1.07 bits per heavy atom. The van der Waals surface area contributed by atoms with Crippen molar-refractivity contribution in [1.82, 2.24) is 10.2 Å². The van der Waals surface area contributed by atoms with Gasteiger partial charge in [-0.05, 0) is 29.5 Å². The molecule has 1 atom stereocenters. The molecule has 6 heteroatoms. The van der Waals surface area contributed by atoms with Gasteiger partial charge >= 0.3 is 0 Å². The second kappa shape index (κ2) is 8.52. The molecule has 28 heavy (non-hydrogen) atoms. The van der Waals surface area contributed by atoms with Gasteiger partial charge < -0.3 is 4.74 Å². The Morgan fingerprint density at radius 3 is 2.36 bits per heavy atom. The number of nitrogens with one attached hydrogen (secondary N) is 1. The summed E-state index contributed by atoms with van der Waals surface area (Å²) in [6.45, 7) is 8.41. The van der Waals surface area contributed by atoms with E-state index in [9.17, 15) is 4.79 Å². The number of aromatic nitrogens is 2. The number of amides is 1. The molecule has 0 aliphatic rings. The van der Waals surface area contributed by atoms with Gasteiger partial charge in [-0.25, -0.2) is 0 Å². The quantitative estimate of drug-likeness (QED) is 0.615. The fourth-order valence-electron chi connectivity index (χ4n) is 2.68. The predicted molar refractivity (Wildman–Crippen MR) is 114 cm³/mol. The molecule has 3 aromatic rings. The molecule has 0 fully saturated rings. The Labute approximate surface area is 169 Å². The van der Waals surface area contributed by atoms with Gasteiger partial charge in [0.2, 0.25) is 5.13 Å². The molecule has 5 nitrogen and oxygen atoms in total. The summed E-state index contributed by atoms with van der Waals surface area (Å²) in [4.78, 5) is 12.6. The third kappa shape index (κ3) is 4.95. The molecule has 0 unspecified atom stereocenters. The van der Waals surface area contributed by atoms with Gasteiger partial charge in [0.1, 0.15) is 10.8 Å². The fraction of sp³-hybridized carbons (Fsp3) is 0.318. The molecule has 0 aliphatic heterocycles. The molecule has 1 N–H and O–H groups in total. The minimum Gasteiger partial charge on any atom is -0.481 e. The molecule has 146 valence electrons. The van der Waals surface area contributed by atoms with Gasteiger partial charge in [0.15, 0.2) is 6.10 Å². The lowest BCUT2D eigenvalue weighted by Gasteiger charge is -2.20. The van der Waals surface area contributed by atoms with Gasteiger partial charge in [0.05, 0.1) is 0 Å². The number of hydrogen-bond acceptors (Lipinski definition) is 5. The molecule has 2 aromatic carbocycles. The van der Waals surface area contributed by atoms with E-state index in [-0.39, 0.29) is 11.3 Å². The summed E-state index contributed by atoms with van der Waals surface area (Å²) in [5.41, 5.74) is 2.27. The van der Waals surface area contributed by atoms with Crippen molar-refractivity contribution in [3.63, 3.8) is 0 Å². The second-order valence-corrected chi connectivity index (χ2v) is 8.53. The van der Waals surface area contributed by atoms with E-state index in [1.54, 1.807) is 0 Å². The van der Waals surface area contributed by atoms with E-state index < -0.39 is 6.10 Å². The molecule has 3 rings (SSSR count). The number of nitrogens with zero attached hydrogens (tertiary/aromatic N) is 2. The van der Waals surface area contributed by atoms with E-state index in [1.165, 1.54) is 16.9 Å². The van der Waals surface area contributed by atoms with Crippen LogP contribution in [0, 0.1) is 0 Å². The molecule has 0 spiro atoms. The predicted octanol–water partition coefficient (Wildman–Crippen LogP) is 5.30. The van der Waals surface area contributed by atoms with Crippen LogP contribution in [0.15, 0.2) is 54.6 Å². The van der Waals surface area contributed by atoms with E-state index in [1.807, 2.05) is 61.5 Å². The Bertz CT molecular complexity index is 915. The molecule has 0 radical (unpaired) electrons. The van der Waals surface area contributed by atoms with Gasteiger partial charge in [-0.15, -0.1) is 10.2 Å². The highest BCUT2D eigenvalue weighted by molar-refractivity contribution is 7.18. The lowest BCUT2D eigenvalue weighted by Crippen LogP contribution is -2.32.